The molecule has 1 aliphatic carbocycles. The average molecular weight is 135 g/mol. The molecule has 2 heteroatoms. The quantitative estimate of drug-likeness (QED) is 0.524. The topological polar surface area (TPSA) is 26.0 Å². The fraction of sp³-hybridized carbons (Fsp3) is 0.500. The van der Waals surface area contributed by atoms with Gasteiger partial charge in [0.1, 0.15) is 7.85 Å². The Morgan fingerprint density at radius 3 is 2.90 bits per heavy atom. The zero-order chi connectivity index (χ0) is 7.56. The minimum Gasteiger partial charge on any atom is -0.324 e. The van der Waals surface area contributed by atoms with E-state index in [-0.39, 0.29) is 6.04 Å². The molecule has 0 aromatic heterocycles. The molecule has 0 saturated heterocycles. The molecule has 0 saturated carbocycles. The highest BCUT2D eigenvalue weighted by molar-refractivity contribution is 6.13. The van der Waals surface area contributed by atoms with Gasteiger partial charge in [0.15, 0.2) is 0 Å². The van der Waals surface area contributed by atoms with Gasteiger partial charge in [0.05, 0.1) is 0 Å². The molecule has 0 spiro atoms. The third-order valence-corrected chi connectivity index (χ3v) is 1.82. The molecular weight excluding hydrogens is 121 g/mol. The summed E-state index contributed by atoms with van der Waals surface area (Å²) in [5.41, 5.74) is 6.99. The van der Waals surface area contributed by atoms with Crippen molar-refractivity contribution in [3.8, 4) is 0 Å². The van der Waals surface area contributed by atoms with Crippen LogP contribution in [0.15, 0.2) is 23.8 Å². The Morgan fingerprint density at radius 1 is 1.80 bits per heavy atom. The Labute approximate surface area is 63.4 Å². The molecule has 0 radical (unpaired) electrons. The summed E-state index contributed by atoms with van der Waals surface area (Å²) in [6.07, 6.45) is 7.74. The van der Waals surface area contributed by atoms with Crippen LogP contribution >= 0.6 is 0 Å². The van der Waals surface area contributed by atoms with Gasteiger partial charge in [-0.25, -0.2) is 0 Å². The maximum absolute atomic E-state index is 5.71. The highest BCUT2D eigenvalue weighted by atomic mass is 14.6. The van der Waals surface area contributed by atoms with E-state index in [2.05, 4.69) is 26.1 Å². The van der Waals surface area contributed by atoms with Gasteiger partial charge in [0.2, 0.25) is 0 Å². The van der Waals surface area contributed by atoms with Gasteiger partial charge in [-0.2, -0.15) is 0 Å². The van der Waals surface area contributed by atoms with Gasteiger partial charge in [-0.3, -0.25) is 0 Å². The highest BCUT2D eigenvalue weighted by Gasteiger charge is 2.06. The monoisotopic (exact) mass is 135 g/mol. The Hall–Kier alpha value is -0.495. The van der Waals surface area contributed by atoms with Crippen molar-refractivity contribution in [3.05, 3.63) is 23.8 Å². The van der Waals surface area contributed by atoms with Crippen LogP contribution in [0.5, 0.6) is 0 Å². The van der Waals surface area contributed by atoms with E-state index in [4.69, 9.17) is 5.73 Å². The summed E-state index contributed by atoms with van der Waals surface area (Å²) >= 11 is 0. The van der Waals surface area contributed by atoms with Gasteiger partial charge < -0.3 is 5.73 Å². The third kappa shape index (κ3) is 1.74. The van der Waals surface area contributed by atoms with Gasteiger partial charge in [0.25, 0.3) is 0 Å². The molecule has 1 nitrogen and oxygen atoms in total. The third-order valence-electron chi connectivity index (χ3n) is 1.82. The van der Waals surface area contributed by atoms with Crippen molar-refractivity contribution in [1.29, 1.82) is 0 Å². The fourth-order valence-electron chi connectivity index (χ4n) is 1.17. The maximum atomic E-state index is 5.71. The molecule has 0 aliphatic heterocycles. The Balaban J connectivity index is 2.66. The highest BCUT2D eigenvalue weighted by Crippen LogP contribution is 2.19. The van der Waals surface area contributed by atoms with E-state index in [0.29, 0.717) is 5.82 Å². The first kappa shape index (κ1) is 7.61. The largest absolute Gasteiger partial charge is 0.324 e. The first-order valence-electron chi connectivity index (χ1n) is 3.84. The number of rotatable bonds is 1. The minimum absolute atomic E-state index is 0.194. The van der Waals surface area contributed by atoms with Gasteiger partial charge in [-0.1, -0.05) is 18.2 Å². The van der Waals surface area contributed by atoms with Crippen molar-refractivity contribution < 1.29 is 0 Å². The van der Waals surface area contributed by atoms with Crippen LogP contribution in [0.2, 0.25) is 5.82 Å². The zero-order valence-electron chi connectivity index (χ0n) is 6.67. The van der Waals surface area contributed by atoms with Crippen LogP contribution in [-0.2, 0) is 0 Å². The molecule has 1 rings (SSSR count). The lowest BCUT2D eigenvalue weighted by atomic mass is 9.79. The van der Waals surface area contributed by atoms with Crippen molar-refractivity contribution >= 4 is 7.85 Å². The summed E-state index contributed by atoms with van der Waals surface area (Å²) < 4.78 is 0. The number of hydrogen-bond acceptors (Lipinski definition) is 1. The summed E-state index contributed by atoms with van der Waals surface area (Å²) in [6.45, 7) is 2.02. The second-order valence-corrected chi connectivity index (χ2v) is 3.07. The van der Waals surface area contributed by atoms with Crippen molar-refractivity contribution in [2.24, 2.45) is 5.73 Å². The van der Waals surface area contributed by atoms with Crippen LogP contribution < -0.4 is 5.73 Å². The molecule has 1 unspecified atom stereocenters. The summed E-state index contributed by atoms with van der Waals surface area (Å²) in [5.74, 6) is 0.672. The summed E-state index contributed by atoms with van der Waals surface area (Å²) in [5, 5.41) is 0. The van der Waals surface area contributed by atoms with E-state index in [0.717, 1.165) is 6.42 Å². The van der Waals surface area contributed by atoms with Crippen LogP contribution in [-0.4, -0.2) is 13.9 Å². The molecule has 1 aliphatic rings. The predicted octanol–water partition coefficient (Wildman–Crippen LogP) is 0.642. The lowest BCUT2D eigenvalue weighted by molar-refractivity contribution is 0.855. The van der Waals surface area contributed by atoms with E-state index >= 15 is 0 Å². The Bertz CT molecular complexity index is 170. The van der Waals surface area contributed by atoms with E-state index in [1.165, 1.54) is 5.57 Å². The molecule has 10 heavy (non-hydrogen) atoms. The van der Waals surface area contributed by atoms with Crippen LogP contribution in [0.25, 0.3) is 0 Å². The van der Waals surface area contributed by atoms with Crippen molar-refractivity contribution in [1.82, 2.24) is 0 Å². The second-order valence-electron chi connectivity index (χ2n) is 3.07. The number of hydrogen-bond donors (Lipinski definition) is 1. The minimum atomic E-state index is 0.194. The van der Waals surface area contributed by atoms with Crippen LogP contribution in [0.3, 0.4) is 0 Å². The fourth-order valence-corrected chi connectivity index (χ4v) is 1.17. The average Bonchev–Trinajstić information content (AvgIpc) is 1.88. The van der Waals surface area contributed by atoms with Gasteiger partial charge in [0, 0.05) is 6.04 Å². The molecule has 2 N–H and O–H groups in total. The Kier molecular flexibility index (Phi) is 2.33. The smallest absolute Gasteiger partial charge is 0.110 e. The SMILES string of the molecule is BC1C=C([C@@H](C)N)C=CC1. The lowest BCUT2D eigenvalue weighted by Gasteiger charge is -2.14. The van der Waals surface area contributed by atoms with Gasteiger partial charge in [-0.15, -0.1) is 0 Å². The maximum Gasteiger partial charge on any atom is 0.110 e. The second kappa shape index (κ2) is 3.06. The van der Waals surface area contributed by atoms with E-state index in [1.807, 2.05) is 6.92 Å². The molecule has 0 bridgehead atoms. The molecule has 54 valence electrons. The number of allylic oxidation sites excluding steroid dienone is 2. The summed E-state index contributed by atoms with van der Waals surface area (Å²) in [4.78, 5) is 0. The first-order chi connectivity index (χ1) is 4.70. The van der Waals surface area contributed by atoms with Gasteiger partial charge in [-0.05, 0) is 24.7 Å². The molecule has 0 aromatic rings. The zero-order valence-corrected chi connectivity index (χ0v) is 6.67. The van der Waals surface area contributed by atoms with Crippen LogP contribution in [0.1, 0.15) is 13.3 Å². The van der Waals surface area contributed by atoms with E-state index in [9.17, 15) is 0 Å². The molecule has 2 atom stereocenters. The molecule has 0 aromatic carbocycles. The summed E-state index contributed by atoms with van der Waals surface area (Å²) in [6, 6.07) is 0.194. The molecule has 0 heterocycles. The molecule has 0 amide bonds. The lowest BCUT2D eigenvalue weighted by Crippen LogP contribution is -2.18. The molecular formula is C8H14BN. The summed E-state index contributed by atoms with van der Waals surface area (Å²) in [7, 11) is 2.21. The van der Waals surface area contributed by atoms with Crippen molar-refractivity contribution in [3.63, 3.8) is 0 Å². The van der Waals surface area contributed by atoms with Gasteiger partial charge >= 0.3 is 0 Å². The Morgan fingerprint density at radius 2 is 2.50 bits per heavy atom. The predicted molar refractivity (Wildman–Crippen MR) is 47.8 cm³/mol. The van der Waals surface area contributed by atoms with Crippen molar-refractivity contribution in [2.75, 3.05) is 0 Å². The normalized spacial score (nSPS) is 27.8. The van der Waals surface area contributed by atoms with E-state index in [1.54, 1.807) is 0 Å². The standard InChI is InChI=1S/C8H14BN/c1-6(10)7-3-2-4-8(9)5-7/h2-3,5-6,8H,4,9-10H2,1H3/t6-,8?/m1/s1. The van der Waals surface area contributed by atoms with Crippen LogP contribution in [0.4, 0.5) is 0 Å². The molecule has 0 fully saturated rings. The first-order valence-corrected chi connectivity index (χ1v) is 3.84. The van der Waals surface area contributed by atoms with Crippen molar-refractivity contribution in [2.45, 2.75) is 25.2 Å². The number of nitrogens with two attached hydrogens (primary N) is 1. The van der Waals surface area contributed by atoms with Crippen LogP contribution in [0, 0.1) is 0 Å². The van der Waals surface area contributed by atoms with E-state index < -0.39 is 0 Å².